The van der Waals surface area contributed by atoms with E-state index in [-0.39, 0.29) is 45.2 Å². The van der Waals surface area contributed by atoms with Crippen LogP contribution >= 0.6 is 0 Å². The Balaban J connectivity index is 1.52. The molecule has 0 aliphatic carbocycles. The summed E-state index contributed by atoms with van der Waals surface area (Å²) in [5.41, 5.74) is 10.7. The Bertz CT molecular complexity index is 2200. The molecule has 33 heteroatoms. The number of aliphatic hydroxyl groups excluding tert-OH is 3. The molecule has 3 aliphatic rings. The van der Waals surface area contributed by atoms with Crippen LogP contribution in [0, 0.1) is 0 Å². The molecule has 3 rings (SSSR count). The van der Waals surface area contributed by atoms with Crippen molar-refractivity contribution in [3.63, 3.8) is 0 Å². The van der Waals surface area contributed by atoms with Crippen LogP contribution in [-0.4, -0.2) is 238 Å². The number of unbranched alkanes of at least 4 members (excludes halogenated alkanes) is 1. The lowest BCUT2D eigenvalue weighted by Gasteiger charge is -2.28. The summed E-state index contributed by atoms with van der Waals surface area (Å²) in [5, 5.41) is 71.9. The monoisotopic (exact) mass is 1100 g/mol. The van der Waals surface area contributed by atoms with Gasteiger partial charge in [-0.25, -0.2) is 4.79 Å². The molecule has 33 nitrogen and oxygen atoms in total. The number of nitrogens with one attached hydrogen (secondary N) is 10. The van der Waals surface area contributed by atoms with Crippen molar-refractivity contribution in [1.29, 1.82) is 0 Å². The third-order valence-corrected chi connectivity index (χ3v) is 12.3. The van der Waals surface area contributed by atoms with Crippen molar-refractivity contribution < 1.29 is 92.7 Å². The van der Waals surface area contributed by atoms with Gasteiger partial charge < -0.3 is 100.0 Å². The number of carbonyl (C=O) groups excluding carboxylic acids is 12. The largest absolute Gasteiger partial charge is 0.481 e. The average Bonchev–Trinajstić information content (AvgIpc) is 4.15. The molecule has 0 radical (unpaired) electrons. The van der Waals surface area contributed by atoms with Gasteiger partial charge in [-0.2, -0.15) is 0 Å². The Hall–Kier alpha value is -7.62. The van der Waals surface area contributed by atoms with Gasteiger partial charge in [0.05, 0.1) is 57.5 Å². The number of nitrogens with two attached hydrogens (primary N) is 2. The molecular weight excluding hydrogens is 1030 g/mol. The topological polar surface area (TPSA) is 519 Å². The predicted octanol–water partition coefficient (Wildman–Crippen LogP) is -10.5. The summed E-state index contributed by atoms with van der Waals surface area (Å²) in [4.78, 5) is 180. The number of β-amino-alcohol motifs (C(OH)–C–C–N with tert-alkyl or cyclic N) is 2. The molecule has 0 aromatic rings. The lowest BCUT2D eigenvalue weighted by atomic mass is 10.1. The SMILES string of the molecule is C[C@H](NC(=O)[C@@H]1CCCN1C(=O)CNC(=O)[C@H](CO)NC(=O)[C@H](CC(=O)O)NC(=O)CNC(=O)[C@@H]1C[C@@H](O)CN1C(=O)[C@H](CCC(N)=O)NC(=O)CNC(=O)[C@@H]1C[C@@H](O)CN1)C(=O)NCC(=O)N[C@@H](CCCCN)C(=O)O. The second-order valence-electron chi connectivity index (χ2n) is 18.4. The normalized spacial score (nSPS) is 20.7. The van der Waals surface area contributed by atoms with Gasteiger partial charge in [-0.3, -0.25) is 62.3 Å². The van der Waals surface area contributed by atoms with E-state index in [1.165, 1.54) is 6.92 Å². The minimum atomic E-state index is -1.93. The van der Waals surface area contributed by atoms with Gasteiger partial charge in [0, 0.05) is 32.5 Å². The van der Waals surface area contributed by atoms with E-state index in [4.69, 9.17) is 11.5 Å². The van der Waals surface area contributed by atoms with E-state index in [0.717, 1.165) is 9.80 Å². The van der Waals surface area contributed by atoms with Crippen LogP contribution in [0.4, 0.5) is 0 Å². The highest BCUT2D eigenvalue weighted by atomic mass is 16.4. The maximum Gasteiger partial charge on any atom is 0.326 e. The molecule has 0 bridgehead atoms. The molecule has 0 aromatic carbocycles. The molecule has 19 N–H and O–H groups in total. The molecule has 0 spiro atoms. The third kappa shape index (κ3) is 21.1. The molecule has 3 saturated heterocycles. The zero-order chi connectivity index (χ0) is 57.5. The van der Waals surface area contributed by atoms with Crippen LogP contribution < -0.4 is 64.6 Å². The minimum absolute atomic E-state index is 0.0500. The van der Waals surface area contributed by atoms with Gasteiger partial charge in [-0.05, 0) is 58.4 Å². The quantitative estimate of drug-likeness (QED) is 0.0287. The summed E-state index contributed by atoms with van der Waals surface area (Å²) in [6.45, 7) is -2.63. The van der Waals surface area contributed by atoms with Crippen molar-refractivity contribution in [2.45, 2.75) is 132 Å². The standard InChI is InChI=1S/C44H70N14O19/c1-21(37(69)48-15-33(64)54-25(44(76)77)5-2-3-9-45)52-42(74)29-6-4-10-57(29)35(66)18-51-39(71)28(20-59)56-40(72)27(13-36(67)68)55-34(65)17-50-41(73)30-12-23(61)19-58(30)43(75)24(7-8-31(46)62)53-32(63)16-49-38(70)26-11-22(60)14-47-26/h21-30,47,59-61H,2-20,45H2,1H3,(H2,46,62)(H,48,69)(H,49,70)(H,50,73)(H,51,71)(H,52,74)(H,53,63)(H,54,64)(H,55,65)(H,56,72)(H,67,68)(H,76,77)/t21-,22+,23+,24-,25-,26-,27-,28-,29-,30-/m0/s1. The van der Waals surface area contributed by atoms with Crippen molar-refractivity contribution in [3.8, 4) is 0 Å². The first-order valence-electron chi connectivity index (χ1n) is 24.7. The molecule has 0 saturated carbocycles. The van der Waals surface area contributed by atoms with Crippen molar-refractivity contribution in [3.05, 3.63) is 0 Å². The molecule has 3 aliphatic heterocycles. The first-order valence-corrected chi connectivity index (χ1v) is 24.7. The minimum Gasteiger partial charge on any atom is -0.481 e. The van der Waals surface area contributed by atoms with Gasteiger partial charge in [0.15, 0.2) is 0 Å². The third-order valence-electron chi connectivity index (χ3n) is 12.3. The second kappa shape index (κ2) is 31.4. The van der Waals surface area contributed by atoms with Crippen molar-refractivity contribution in [2.24, 2.45) is 11.5 Å². The van der Waals surface area contributed by atoms with E-state index < -0.39 is 196 Å². The molecule has 430 valence electrons. The molecule has 10 atom stereocenters. The molecular formula is C44H70N14O19. The highest BCUT2D eigenvalue weighted by Gasteiger charge is 2.42. The van der Waals surface area contributed by atoms with Crippen LogP contribution in [0.1, 0.15) is 71.1 Å². The maximum atomic E-state index is 13.7. The summed E-state index contributed by atoms with van der Waals surface area (Å²) in [6, 6.07) is -11.0. The van der Waals surface area contributed by atoms with Crippen LogP contribution in [0.25, 0.3) is 0 Å². The average molecular weight is 1100 g/mol. The number of carboxylic acid groups (broad SMARTS) is 2. The van der Waals surface area contributed by atoms with Crippen molar-refractivity contribution in [1.82, 2.24) is 63.0 Å². The smallest absolute Gasteiger partial charge is 0.326 e. The van der Waals surface area contributed by atoms with E-state index in [1.54, 1.807) is 0 Å². The summed E-state index contributed by atoms with van der Waals surface area (Å²) in [5.74, 6) is -14.0. The van der Waals surface area contributed by atoms with Crippen LogP contribution in [-0.2, 0) is 67.1 Å². The zero-order valence-corrected chi connectivity index (χ0v) is 42.2. The van der Waals surface area contributed by atoms with E-state index in [9.17, 15) is 92.7 Å². The number of rotatable bonds is 31. The van der Waals surface area contributed by atoms with E-state index in [0.29, 0.717) is 25.8 Å². The van der Waals surface area contributed by atoms with E-state index in [1.807, 2.05) is 0 Å². The fourth-order valence-corrected chi connectivity index (χ4v) is 8.30. The Morgan fingerprint density at radius 1 is 0.636 bits per heavy atom. The Morgan fingerprint density at radius 2 is 1.25 bits per heavy atom. The van der Waals surface area contributed by atoms with Gasteiger partial charge in [-0.1, -0.05) is 0 Å². The molecule has 0 unspecified atom stereocenters. The number of hydrogen-bond donors (Lipinski definition) is 17. The Kier molecular flexibility index (Phi) is 26.0. The Morgan fingerprint density at radius 3 is 1.83 bits per heavy atom. The van der Waals surface area contributed by atoms with Gasteiger partial charge in [-0.15, -0.1) is 0 Å². The zero-order valence-electron chi connectivity index (χ0n) is 42.2. The number of hydrogen-bond acceptors (Lipinski definition) is 19. The fourth-order valence-electron chi connectivity index (χ4n) is 8.30. The number of carboxylic acids is 2. The lowest BCUT2D eigenvalue weighted by Crippen LogP contribution is -2.58. The first kappa shape index (κ1) is 63.7. The molecule has 3 heterocycles. The summed E-state index contributed by atoms with van der Waals surface area (Å²) in [6.07, 6.45) is -2.57. The number of primary amides is 1. The molecule has 77 heavy (non-hydrogen) atoms. The van der Waals surface area contributed by atoms with Crippen LogP contribution in [0.15, 0.2) is 0 Å². The predicted molar refractivity (Wildman–Crippen MR) is 259 cm³/mol. The Labute approximate surface area is 439 Å². The van der Waals surface area contributed by atoms with E-state index in [2.05, 4.69) is 53.2 Å². The van der Waals surface area contributed by atoms with Gasteiger partial charge in [0.25, 0.3) is 0 Å². The van der Waals surface area contributed by atoms with E-state index >= 15 is 0 Å². The first-order chi connectivity index (χ1) is 36.3. The summed E-state index contributed by atoms with van der Waals surface area (Å²) < 4.78 is 0. The number of likely N-dealkylation sites (tertiary alicyclic amines) is 2. The summed E-state index contributed by atoms with van der Waals surface area (Å²) >= 11 is 0. The number of aliphatic carboxylic acids is 2. The fraction of sp³-hybridized carbons (Fsp3) is 0.682. The van der Waals surface area contributed by atoms with Crippen molar-refractivity contribution in [2.75, 3.05) is 59.0 Å². The molecule has 3 fully saturated rings. The number of carbonyl (C=O) groups is 14. The van der Waals surface area contributed by atoms with Gasteiger partial charge in [0.2, 0.25) is 70.9 Å². The van der Waals surface area contributed by atoms with Crippen LogP contribution in [0.5, 0.6) is 0 Å². The van der Waals surface area contributed by atoms with Crippen LogP contribution in [0.3, 0.4) is 0 Å². The van der Waals surface area contributed by atoms with Crippen LogP contribution in [0.2, 0.25) is 0 Å². The number of amides is 12. The lowest BCUT2D eigenvalue weighted by molar-refractivity contribution is -0.142. The molecule has 12 amide bonds. The highest BCUT2D eigenvalue weighted by molar-refractivity contribution is 5.98. The van der Waals surface area contributed by atoms with Gasteiger partial charge in [0.1, 0.15) is 42.3 Å². The molecule has 0 aromatic heterocycles. The number of aliphatic hydroxyl groups is 3. The summed E-state index contributed by atoms with van der Waals surface area (Å²) in [7, 11) is 0. The van der Waals surface area contributed by atoms with Crippen molar-refractivity contribution >= 4 is 82.8 Å². The number of nitrogens with zero attached hydrogens (tertiary/aromatic N) is 2. The van der Waals surface area contributed by atoms with Gasteiger partial charge >= 0.3 is 11.9 Å². The highest BCUT2D eigenvalue weighted by Crippen LogP contribution is 2.21. The maximum absolute atomic E-state index is 13.7. The second-order valence-corrected chi connectivity index (χ2v) is 18.4.